The molecule has 0 radical (unpaired) electrons. The second-order valence-corrected chi connectivity index (χ2v) is 7.16. The standard InChI is InChI=1S/C19H22N2O/c1-13(16-8-4-6-14-5-2-3-7-17(14)16)21-11-19(12-21)9-15(10-19)18(20)22/h2-8,13,15H,9-12H2,1H3,(H2,20,22)/t13-/m1/s1. The van der Waals surface area contributed by atoms with Crippen LogP contribution in [0.4, 0.5) is 0 Å². The summed E-state index contributed by atoms with van der Waals surface area (Å²) < 4.78 is 0. The van der Waals surface area contributed by atoms with Gasteiger partial charge in [-0.15, -0.1) is 0 Å². The monoisotopic (exact) mass is 294 g/mol. The van der Waals surface area contributed by atoms with Crippen molar-refractivity contribution < 1.29 is 4.79 Å². The lowest BCUT2D eigenvalue weighted by atomic mass is 9.57. The van der Waals surface area contributed by atoms with Gasteiger partial charge < -0.3 is 5.73 Å². The summed E-state index contributed by atoms with van der Waals surface area (Å²) in [4.78, 5) is 13.7. The molecule has 1 saturated carbocycles. The third kappa shape index (κ3) is 2.03. The van der Waals surface area contributed by atoms with Crippen LogP contribution in [-0.2, 0) is 4.79 Å². The van der Waals surface area contributed by atoms with Gasteiger partial charge in [-0.25, -0.2) is 0 Å². The number of nitrogens with two attached hydrogens (primary N) is 1. The third-order valence-corrected chi connectivity index (χ3v) is 5.66. The fraction of sp³-hybridized carbons (Fsp3) is 0.421. The molecule has 3 heteroatoms. The van der Waals surface area contributed by atoms with Gasteiger partial charge in [-0.2, -0.15) is 0 Å². The van der Waals surface area contributed by atoms with Crippen LogP contribution in [0.25, 0.3) is 10.8 Å². The Hall–Kier alpha value is -1.87. The lowest BCUT2D eigenvalue weighted by molar-refractivity contribution is -0.145. The van der Waals surface area contributed by atoms with E-state index >= 15 is 0 Å². The summed E-state index contributed by atoms with van der Waals surface area (Å²) in [5.74, 6) is 0.00110. The van der Waals surface area contributed by atoms with Crippen LogP contribution in [0.1, 0.15) is 31.4 Å². The molecule has 1 atom stereocenters. The fourth-order valence-electron chi connectivity index (χ4n) is 4.35. The van der Waals surface area contributed by atoms with Gasteiger partial charge in [0.25, 0.3) is 0 Å². The maximum atomic E-state index is 11.2. The number of carbonyl (C=O) groups excluding carboxylic acids is 1. The molecular formula is C19H22N2O. The molecule has 0 unspecified atom stereocenters. The predicted molar refractivity (Wildman–Crippen MR) is 88.3 cm³/mol. The highest BCUT2D eigenvalue weighted by atomic mass is 16.1. The van der Waals surface area contributed by atoms with E-state index in [4.69, 9.17) is 5.73 Å². The lowest BCUT2D eigenvalue weighted by Gasteiger charge is -2.60. The summed E-state index contributed by atoms with van der Waals surface area (Å²) in [6.07, 6.45) is 1.97. The average molecular weight is 294 g/mol. The molecule has 2 N–H and O–H groups in total. The van der Waals surface area contributed by atoms with Gasteiger partial charge in [-0.05, 0) is 41.5 Å². The quantitative estimate of drug-likeness (QED) is 0.945. The number of rotatable bonds is 3. The summed E-state index contributed by atoms with van der Waals surface area (Å²) in [6.45, 7) is 4.49. The Labute approximate surface area is 131 Å². The number of amides is 1. The van der Waals surface area contributed by atoms with Crippen molar-refractivity contribution in [1.82, 2.24) is 4.90 Å². The van der Waals surface area contributed by atoms with Crippen molar-refractivity contribution in [1.29, 1.82) is 0 Å². The van der Waals surface area contributed by atoms with E-state index in [1.165, 1.54) is 16.3 Å². The van der Waals surface area contributed by atoms with Gasteiger partial charge in [-0.1, -0.05) is 42.5 Å². The summed E-state index contributed by atoms with van der Waals surface area (Å²) in [5, 5.41) is 2.65. The molecule has 2 fully saturated rings. The number of primary amides is 1. The molecule has 1 aliphatic carbocycles. The maximum absolute atomic E-state index is 11.2. The normalized spacial score (nSPS) is 22.2. The molecule has 3 nitrogen and oxygen atoms in total. The zero-order chi connectivity index (χ0) is 15.3. The fourth-order valence-corrected chi connectivity index (χ4v) is 4.35. The van der Waals surface area contributed by atoms with E-state index in [-0.39, 0.29) is 11.8 Å². The molecular weight excluding hydrogens is 272 g/mol. The number of hydrogen-bond acceptors (Lipinski definition) is 2. The minimum Gasteiger partial charge on any atom is -0.369 e. The third-order valence-electron chi connectivity index (χ3n) is 5.66. The second kappa shape index (κ2) is 4.82. The smallest absolute Gasteiger partial charge is 0.220 e. The Morgan fingerprint density at radius 1 is 1.18 bits per heavy atom. The van der Waals surface area contributed by atoms with Crippen LogP contribution in [0, 0.1) is 11.3 Å². The summed E-state index contributed by atoms with van der Waals surface area (Å²) >= 11 is 0. The van der Waals surface area contributed by atoms with Crippen molar-refractivity contribution in [3.8, 4) is 0 Å². The largest absolute Gasteiger partial charge is 0.369 e. The van der Waals surface area contributed by atoms with E-state index in [9.17, 15) is 4.79 Å². The first-order valence-electron chi connectivity index (χ1n) is 8.09. The first-order chi connectivity index (χ1) is 10.6. The molecule has 1 heterocycles. The summed E-state index contributed by atoms with van der Waals surface area (Å²) in [6, 6.07) is 15.6. The Balaban J connectivity index is 1.50. The molecule has 0 bridgehead atoms. The van der Waals surface area contributed by atoms with Crippen molar-refractivity contribution in [2.45, 2.75) is 25.8 Å². The number of nitrogens with zero attached hydrogens (tertiary/aromatic N) is 1. The van der Waals surface area contributed by atoms with E-state index < -0.39 is 0 Å². The van der Waals surface area contributed by atoms with Gasteiger partial charge in [-0.3, -0.25) is 9.69 Å². The lowest BCUT2D eigenvalue weighted by Crippen LogP contribution is -2.64. The molecule has 4 rings (SSSR count). The summed E-state index contributed by atoms with van der Waals surface area (Å²) in [5.41, 5.74) is 7.17. The van der Waals surface area contributed by atoms with E-state index in [0.29, 0.717) is 11.5 Å². The molecule has 1 aliphatic heterocycles. The van der Waals surface area contributed by atoms with Crippen LogP contribution in [0.2, 0.25) is 0 Å². The molecule has 2 aromatic rings. The molecule has 2 aromatic carbocycles. The van der Waals surface area contributed by atoms with Crippen LogP contribution < -0.4 is 5.73 Å². The molecule has 2 aliphatic rings. The SMILES string of the molecule is C[C@H](c1cccc2ccccc12)N1CC2(CC(C(N)=O)C2)C1. The van der Waals surface area contributed by atoms with Crippen LogP contribution in [0.3, 0.4) is 0 Å². The Kier molecular flexibility index (Phi) is 3.01. The van der Waals surface area contributed by atoms with Gasteiger partial charge in [0.15, 0.2) is 0 Å². The molecule has 1 spiro atoms. The summed E-state index contributed by atoms with van der Waals surface area (Å²) in [7, 11) is 0. The number of likely N-dealkylation sites (tertiary alicyclic amines) is 1. The van der Waals surface area contributed by atoms with Crippen LogP contribution in [0.15, 0.2) is 42.5 Å². The molecule has 22 heavy (non-hydrogen) atoms. The first kappa shape index (κ1) is 13.8. The number of carbonyl (C=O) groups is 1. The Morgan fingerprint density at radius 3 is 2.59 bits per heavy atom. The maximum Gasteiger partial charge on any atom is 0.220 e. The van der Waals surface area contributed by atoms with Gasteiger partial charge in [0.05, 0.1) is 0 Å². The van der Waals surface area contributed by atoms with E-state index in [2.05, 4.69) is 54.3 Å². The van der Waals surface area contributed by atoms with Crippen LogP contribution >= 0.6 is 0 Å². The molecule has 1 saturated heterocycles. The highest BCUT2D eigenvalue weighted by Gasteiger charge is 2.54. The molecule has 114 valence electrons. The average Bonchev–Trinajstić information content (AvgIpc) is 2.43. The highest BCUT2D eigenvalue weighted by molar-refractivity contribution is 5.86. The molecule has 1 amide bonds. The highest BCUT2D eigenvalue weighted by Crippen LogP contribution is 2.53. The van der Waals surface area contributed by atoms with E-state index in [0.717, 1.165) is 25.9 Å². The minimum atomic E-state index is -0.119. The number of hydrogen-bond donors (Lipinski definition) is 1. The minimum absolute atomic E-state index is 0.119. The van der Waals surface area contributed by atoms with Gasteiger partial charge >= 0.3 is 0 Å². The van der Waals surface area contributed by atoms with Crippen molar-refractivity contribution in [3.05, 3.63) is 48.0 Å². The van der Waals surface area contributed by atoms with Crippen LogP contribution in [0.5, 0.6) is 0 Å². The van der Waals surface area contributed by atoms with Gasteiger partial charge in [0.2, 0.25) is 5.91 Å². The van der Waals surface area contributed by atoms with Crippen molar-refractivity contribution >= 4 is 16.7 Å². The predicted octanol–water partition coefficient (Wildman–Crippen LogP) is 3.10. The second-order valence-electron chi connectivity index (χ2n) is 7.16. The van der Waals surface area contributed by atoms with E-state index in [1.807, 2.05) is 0 Å². The number of benzene rings is 2. The zero-order valence-corrected chi connectivity index (χ0v) is 13.0. The van der Waals surface area contributed by atoms with Crippen LogP contribution in [-0.4, -0.2) is 23.9 Å². The van der Waals surface area contributed by atoms with Crippen molar-refractivity contribution in [2.24, 2.45) is 17.1 Å². The Bertz CT molecular complexity index is 720. The topological polar surface area (TPSA) is 46.3 Å². The molecule has 0 aromatic heterocycles. The number of fused-ring (bicyclic) bond motifs is 1. The van der Waals surface area contributed by atoms with Crippen molar-refractivity contribution in [3.63, 3.8) is 0 Å². The first-order valence-corrected chi connectivity index (χ1v) is 8.09. The van der Waals surface area contributed by atoms with E-state index in [1.54, 1.807) is 0 Å². The Morgan fingerprint density at radius 2 is 1.86 bits per heavy atom. The van der Waals surface area contributed by atoms with Gasteiger partial charge in [0.1, 0.15) is 0 Å². The zero-order valence-electron chi connectivity index (χ0n) is 13.0. The van der Waals surface area contributed by atoms with Crippen molar-refractivity contribution in [2.75, 3.05) is 13.1 Å². The van der Waals surface area contributed by atoms with Gasteiger partial charge in [0, 0.05) is 25.0 Å².